The molecule has 14 heavy (non-hydrogen) atoms. The van der Waals surface area contributed by atoms with Crippen LogP contribution in [0.1, 0.15) is 19.3 Å². The molecule has 0 saturated heterocycles. The van der Waals surface area contributed by atoms with Crippen LogP contribution < -0.4 is 0 Å². The Morgan fingerprint density at radius 1 is 1.29 bits per heavy atom. The van der Waals surface area contributed by atoms with Crippen LogP contribution >= 0.6 is 0 Å². The van der Waals surface area contributed by atoms with Crippen molar-refractivity contribution in [3.05, 3.63) is 47.7 Å². The first-order valence-corrected chi connectivity index (χ1v) is 5.23. The number of nitrogens with zero attached hydrogens (tertiary/aromatic N) is 1. The monoisotopic (exact) mass is 183 g/mol. The van der Waals surface area contributed by atoms with Crippen LogP contribution in [0.3, 0.4) is 0 Å². The van der Waals surface area contributed by atoms with Crippen molar-refractivity contribution >= 4 is 6.21 Å². The first-order chi connectivity index (χ1) is 6.92. The van der Waals surface area contributed by atoms with E-state index in [9.17, 15) is 0 Å². The molecule has 0 N–H and O–H groups in total. The fraction of sp³-hybridized carbons (Fsp3) is 0.308. The van der Waals surface area contributed by atoms with Crippen molar-refractivity contribution < 1.29 is 0 Å². The quantitative estimate of drug-likeness (QED) is 0.547. The van der Waals surface area contributed by atoms with Crippen molar-refractivity contribution in [1.29, 1.82) is 0 Å². The maximum absolute atomic E-state index is 4.50. The van der Waals surface area contributed by atoms with Gasteiger partial charge >= 0.3 is 0 Å². The Labute approximate surface area is 84.2 Å². The van der Waals surface area contributed by atoms with Crippen LogP contribution in [-0.2, 0) is 0 Å². The normalized spacial score (nSPS) is 33.1. The zero-order chi connectivity index (χ0) is 9.43. The highest BCUT2D eigenvalue weighted by atomic mass is 14.8. The summed E-state index contributed by atoms with van der Waals surface area (Å²) in [5.41, 5.74) is 2.78. The van der Waals surface area contributed by atoms with Crippen LogP contribution in [-0.4, -0.2) is 6.21 Å². The molecular weight excluding hydrogens is 170 g/mol. The predicted molar refractivity (Wildman–Crippen MR) is 59.2 cm³/mol. The molecule has 0 aromatic carbocycles. The van der Waals surface area contributed by atoms with Gasteiger partial charge in [-0.2, -0.15) is 0 Å². The van der Waals surface area contributed by atoms with Crippen LogP contribution in [0.25, 0.3) is 0 Å². The van der Waals surface area contributed by atoms with Crippen LogP contribution in [0.15, 0.2) is 52.7 Å². The topological polar surface area (TPSA) is 12.4 Å². The lowest BCUT2D eigenvalue weighted by Crippen LogP contribution is -2.28. The Morgan fingerprint density at radius 3 is 3.29 bits per heavy atom. The second kappa shape index (κ2) is 2.81. The molecule has 1 heteroatoms. The smallest absolute Gasteiger partial charge is 0.0555 e. The molecule has 1 unspecified atom stereocenters. The third-order valence-electron chi connectivity index (χ3n) is 3.32. The highest BCUT2D eigenvalue weighted by molar-refractivity contribution is 5.78. The summed E-state index contributed by atoms with van der Waals surface area (Å²) in [5, 5.41) is 0. The molecule has 70 valence electrons. The molecule has 0 bridgehead atoms. The predicted octanol–water partition coefficient (Wildman–Crippen LogP) is 3.18. The van der Waals surface area contributed by atoms with E-state index in [-0.39, 0.29) is 5.41 Å². The summed E-state index contributed by atoms with van der Waals surface area (Å²) in [5.74, 6) is 0. The standard InChI is InChI=1S/C13H13N/c1-3-8-13-9-4-2-6-12(13)14-10-7-11(13)5-1/h1,3,5-8,10H,2,4,9H2. The minimum atomic E-state index is 0.127. The van der Waals surface area contributed by atoms with E-state index in [1.54, 1.807) is 0 Å². The molecule has 0 aromatic rings. The van der Waals surface area contributed by atoms with E-state index in [0.29, 0.717) is 0 Å². The van der Waals surface area contributed by atoms with Gasteiger partial charge in [-0.15, -0.1) is 0 Å². The van der Waals surface area contributed by atoms with Gasteiger partial charge in [0.15, 0.2) is 0 Å². The lowest BCUT2D eigenvalue weighted by Gasteiger charge is -2.38. The van der Waals surface area contributed by atoms with Crippen LogP contribution in [0.5, 0.6) is 0 Å². The molecule has 0 aromatic heterocycles. The van der Waals surface area contributed by atoms with Gasteiger partial charge < -0.3 is 0 Å². The van der Waals surface area contributed by atoms with Gasteiger partial charge in [-0.1, -0.05) is 30.4 Å². The van der Waals surface area contributed by atoms with E-state index in [2.05, 4.69) is 41.4 Å². The van der Waals surface area contributed by atoms with Gasteiger partial charge in [0.1, 0.15) is 0 Å². The van der Waals surface area contributed by atoms with Gasteiger partial charge in [0.25, 0.3) is 0 Å². The van der Waals surface area contributed by atoms with Crippen molar-refractivity contribution in [2.24, 2.45) is 10.4 Å². The van der Waals surface area contributed by atoms with Gasteiger partial charge in [0.2, 0.25) is 0 Å². The van der Waals surface area contributed by atoms with Crippen molar-refractivity contribution in [3.63, 3.8) is 0 Å². The molecule has 1 spiro atoms. The summed E-state index contributed by atoms with van der Waals surface area (Å²) in [4.78, 5) is 4.50. The molecule has 1 atom stereocenters. The van der Waals surface area contributed by atoms with Crippen molar-refractivity contribution in [2.75, 3.05) is 0 Å². The van der Waals surface area contributed by atoms with E-state index in [1.165, 1.54) is 30.5 Å². The molecule has 3 rings (SSSR count). The summed E-state index contributed by atoms with van der Waals surface area (Å²) in [6, 6.07) is 0. The van der Waals surface area contributed by atoms with E-state index in [1.807, 2.05) is 6.21 Å². The second-order valence-electron chi connectivity index (χ2n) is 4.07. The molecular formula is C13H13N. The minimum absolute atomic E-state index is 0.127. The van der Waals surface area contributed by atoms with E-state index < -0.39 is 0 Å². The zero-order valence-corrected chi connectivity index (χ0v) is 8.11. The van der Waals surface area contributed by atoms with Gasteiger partial charge in [-0.3, -0.25) is 4.99 Å². The molecule has 2 aliphatic carbocycles. The fourth-order valence-electron chi connectivity index (χ4n) is 2.58. The SMILES string of the molecule is C1=CC2=CC=NC3=CCCCC23C=C1. The Morgan fingerprint density at radius 2 is 2.29 bits per heavy atom. The van der Waals surface area contributed by atoms with Gasteiger partial charge in [0.05, 0.1) is 11.1 Å². The third-order valence-corrected chi connectivity index (χ3v) is 3.32. The van der Waals surface area contributed by atoms with Gasteiger partial charge in [-0.05, 0) is 30.9 Å². The zero-order valence-electron chi connectivity index (χ0n) is 8.11. The van der Waals surface area contributed by atoms with Crippen molar-refractivity contribution in [1.82, 2.24) is 0 Å². The van der Waals surface area contributed by atoms with Crippen LogP contribution in [0.4, 0.5) is 0 Å². The fourth-order valence-corrected chi connectivity index (χ4v) is 2.58. The Kier molecular flexibility index (Phi) is 1.60. The highest BCUT2D eigenvalue weighted by Gasteiger charge is 2.37. The van der Waals surface area contributed by atoms with Gasteiger partial charge in [-0.25, -0.2) is 0 Å². The molecule has 1 nitrogen and oxygen atoms in total. The number of hydrogen-bond donors (Lipinski definition) is 0. The molecule has 0 fully saturated rings. The van der Waals surface area contributed by atoms with Crippen LogP contribution in [0.2, 0.25) is 0 Å². The highest BCUT2D eigenvalue weighted by Crippen LogP contribution is 2.48. The van der Waals surface area contributed by atoms with Crippen molar-refractivity contribution in [3.8, 4) is 0 Å². The Bertz CT molecular complexity index is 407. The molecule has 3 aliphatic rings. The number of allylic oxidation sites excluding steroid dienone is 6. The summed E-state index contributed by atoms with van der Waals surface area (Å²) in [6.07, 6.45) is 18.8. The Hall–Kier alpha value is -1.37. The summed E-state index contributed by atoms with van der Waals surface area (Å²) in [6.45, 7) is 0. The third kappa shape index (κ3) is 0.926. The Balaban J connectivity index is 2.20. The molecule has 1 heterocycles. The number of aliphatic imine (C=N–C) groups is 1. The van der Waals surface area contributed by atoms with E-state index in [4.69, 9.17) is 0 Å². The maximum atomic E-state index is 4.50. The number of dihydropyridines is 1. The lowest BCUT2D eigenvalue weighted by molar-refractivity contribution is 0.455. The minimum Gasteiger partial charge on any atom is -0.260 e. The number of rotatable bonds is 0. The largest absolute Gasteiger partial charge is 0.260 e. The first-order valence-electron chi connectivity index (χ1n) is 5.23. The van der Waals surface area contributed by atoms with Gasteiger partial charge in [0, 0.05) is 6.21 Å². The summed E-state index contributed by atoms with van der Waals surface area (Å²) >= 11 is 0. The van der Waals surface area contributed by atoms with E-state index >= 15 is 0 Å². The van der Waals surface area contributed by atoms with Crippen LogP contribution in [0, 0.1) is 5.41 Å². The summed E-state index contributed by atoms with van der Waals surface area (Å²) < 4.78 is 0. The lowest BCUT2D eigenvalue weighted by atomic mass is 9.68. The number of hydrogen-bond acceptors (Lipinski definition) is 1. The molecule has 1 aliphatic heterocycles. The van der Waals surface area contributed by atoms with E-state index in [0.717, 1.165) is 0 Å². The maximum Gasteiger partial charge on any atom is 0.0555 e. The molecule has 0 amide bonds. The molecule has 0 radical (unpaired) electrons. The second-order valence-corrected chi connectivity index (χ2v) is 4.07. The average Bonchev–Trinajstić information content (AvgIpc) is 2.26. The van der Waals surface area contributed by atoms with Crippen molar-refractivity contribution in [2.45, 2.75) is 19.3 Å². The average molecular weight is 183 g/mol. The first kappa shape index (κ1) is 7.98. The molecule has 0 saturated carbocycles. The summed E-state index contributed by atoms with van der Waals surface area (Å²) in [7, 11) is 0.